The van der Waals surface area contributed by atoms with Crippen LogP contribution in [0.25, 0.3) is 0 Å². The quantitative estimate of drug-likeness (QED) is 0.833. The Balaban J connectivity index is 1.72. The number of halogens is 1. The summed E-state index contributed by atoms with van der Waals surface area (Å²) in [6, 6.07) is 14.1. The van der Waals surface area contributed by atoms with Gasteiger partial charge in [0.15, 0.2) is 6.10 Å². The second-order valence-electron chi connectivity index (χ2n) is 5.81. The number of hydrogen-bond acceptors (Lipinski definition) is 4. The van der Waals surface area contributed by atoms with Gasteiger partial charge in [-0.05, 0) is 29.3 Å². The molecule has 2 aromatic carbocycles. The minimum absolute atomic E-state index is 0.0533. The summed E-state index contributed by atoms with van der Waals surface area (Å²) in [5, 5.41) is 3.50. The lowest BCUT2D eigenvalue weighted by Crippen LogP contribution is -2.40. The van der Waals surface area contributed by atoms with Crippen LogP contribution in [0.5, 0.6) is 5.75 Å². The molecule has 130 valence electrons. The SMILES string of the molecule is COC(=O)C[C@H](NC(=O)[C@H]1Cc2cc(Cl)ccc2O1)c1ccccc1. The van der Waals surface area contributed by atoms with Gasteiger partial charge in [0.25, 0.3) is 5.91 Å². The molecule has 2 aromatic rings. The first kappa shape index (κ1) is 17.3. The lowest BCUT2D eigenvalue weighted by molar-refractivity contribution is -0.141. The number of nitrogens with one attached hydrogen (secondary N) is 1. The molecule has 0 bridgehead atoms. The van der Waals surface area contributed by atoms with Crippen LogP contribution in [0.1, 0.15) is 23.6 Å². The maximum absolute atomic E-state index is 12.6. The third kappa shape index (κ3) is 4.12. The van der Waals surface area contributed by atoms with Crippen LogP contribution in [-0.4, -0.2) is 25.1 Å². The first-order chi connectivity index (χ1) is 12.1. The molecular weight excluding hydrogens is 342 g/mol. The molecule has 0 unspecified atom stereocenters. The van der Waals surface area contributed by atoms with Gasteiger partial charge >= 0.3 is 5.97 Å². The molecule has 3 rings (SSSR count). The Bertz CT molecular complexity index is 778. The van der Waals surface area contributed by atoms with E-state index in [1.54, 1.807) is 18.2 Å². The van der Waals surface area contributed by atoms with Crippen molar-refractivity contribution in [1.29, 1.82) is 0 Å². The average molecular weight is 360 g/mol. The van der Waals surface area contributed by atoms with Gasteiger partial charge in [-0.15, -0.1) is 0 Å². The summed E-state index contributed by atoms with van der Waals surface area (Å²) < 4.78 is 10.4. The van der Waals surface area contributed by atoms with Gasteiger partial charge in [-0.3, -0.25) is 9.59 Å². The molecule has 0 saturated carbocycles. The lowest BCUT2D eigenvalue weighted by Gasteiger charge is -2.20. The van der Waals surface area contributed by atoms with E-state index in [-0.39, 0.29) is 12.3 Å². The molecule has 6 heteroatoms. The smallest absolute Gasteiger partial charge is 0.307 e. The first-order valence-electron chi connectivity index (χ1n) is 7.94. The average Bonchev–Trinajstić information content (AvgIpc) is 3.05. The van der Waals surface area contributed by atoms with Crippen LogP contribution < -0.4 is 10.1 Å². The van der Waals surface area contributed by atoms with E-state index in [1.165, 1.54) is 7.11 Å². The van der Waals surface area contributed by atoms with Gasteiger partial charge in [0.2, 0.25) is 0 Å². The molecule has 1 heterocycles. The number of esters is 1. The maximum atomic E-state index is 12.6. The topological polar surface area (TPSA) is 64.6 Å². The van der Waals surface area contributed by atoms with Gasteiger partial charge in [0, 0.05) is 11.4 Å². The van der Waals surface area contributed by atoms with Crippen LogP contribution >= 0.6 is 11.6 Å². The van der Waals surface area contributed by atoms with Crippen LogP contribution in [0.15, 0.2) is 48.5 Å². The molecule has 1 N–H and O–H groups in total. The van der Waals surface area contributed by atoms with E-state index in [1.807, 2.05) is 30.3 Å². The van der Waals surface area contributed by atoms with Crippen molar-refractivity contribution in [2.45, 2.75) is 25.0 Å². The van der Waals surface area contributed by atoms with E-state index < -0.39 is 18.1 Å². The normalized spacial score (nSPS) is 16.5. The van der Waals surface area contributed by atoms with Crippen molar-refractivity contribution in [3.8, 4) is 5.75 Å². The summed E-state index contributed by atoms with van der Waals surface area (Å²) >= 11 is 5.98. The molecule has 0 spiro atoms. The molecule has 5 nitrogen and oxygen atoms in total. The third-order valence-corrected chi connectivity index (χ3v) is 4.34. The number of carbonyl (C=O) groups excluding carboxylic acids is 2. The monoisotopic (exact) mass is 359 g/mol. The zero-order chi connectivity index (χ0) is 17.8. The van der Waals surface area contributed by atoms with E-state index >= 15 is 0 Å². The number of amides is 1. The second kappa shape index (κ2) is 7.57. The molecule has 2 atom stereocenters. The van der Waals surface area contributed by atoms with E-state index in [0.29, 0.717) is 17.2 Å². The van der Waals surface area contributed by atoms with Crippen LogP contribution in [0.2, 0.25) is 5.02 Å². The third-order valence-electron chi connectivity index (χ3n) is 4.11. The Kier molecular flexibility index (Phi) is 5.24. The Morgan fingerprint density at radius 1 is 1.28 bits per heavy atom. The fraction of sp³-hybridized carbons (Fsp3) is 0.263. The zero-order valence-electron chi connectivity index (χ0n) is 13.7. The molecule has 1 aliphatic rings. The highest BCUT2D eigenvalue weighted by Crippen LogP contribution is 2.31. The standard InChI is InChI=1S/C19H18ClNO4/c1-24-18(22)11-15(12-5-3-2-4-6-12)21-19(23)17-10-13-9-14(20)7-8-16(13)25-17/h2-9,15,17H,10-11H2,1H3,(H,21,23)/t15-,17+/m0/s1. The van der Waals surface area contributed by atoms with Crippen LogP contribution in [0, 0.1) is 0 Å². The predicted octanol–water partition coefficient (Wildman–Crippen LogP) is 3.06. The molecule has 1 amide bonds. The molecule has 25 heavy (non-hydrogen) atoms. The number of fused-ring (bicyclic) bond motifs is 1. The van der Waals surface area contributed by atoms with Crippen LogP contribution in [0.4, 0.5) is 0 Å². The van der Waals surface area contributed by atoms with Crippen molar-refractivity contribution in [3.63, 3.8) is 0 Å². The van der Waals surface area contributed by atoms with Crippen LogP contribution in [0.3, 0.4) is 0 Å². The number of benzene rings is 2. The summed E-state index contributed by atoms with van der Waals surface area (Å²) in [6.45, 7) is 0. The maximum Gasteiger partial charge on any atom is 0.307 e. The summed E-state index contributed by atoms with van der Waals surface area (Å²) in [7, 11) is 1.33. The number of methoxy groups -OCH3 is 1. The van der Waals surface area contributed by atoms with Gasteiger partial charge in [0.05, 0.1) is 19.6 Å². The second-order valence-corrected chi connectivity index (χ2v) is 6.25. The highest BCUT2D eigenvalue weighted by Gasteiger charge is 2.31. The number of rotatable bonds is 5. The van der Waals surface area contributed by atoms with Crippen LogP contribution in [-0.2, 0) is 20.7 Å². The van der Waals surface area contributed by atoms with Crippen molar-refractivity contribution in [2.24, 2.45) is 0 Å². The molecular formula is C19H18ClNO4. The fourth-order valence-corrected chi connectivity index (χ4v) is 3.01. The molecule has 0 saturated heterocycles. The van der Waals surface area contributed by atoms with Crippen molar-refractivity contribution in [2.75, 3.05) is 7.11 Å². The molecule has 0 aliphatic carbocycles. The van der Waals surface area contributed by atoms with Gasteiger partial charge in [-0.25, -0.2) is 0 Å². The van der Waals surface area contributed by atoms with Gasteiger partial charge in [-0.1, -0.05) is 41.9 Å². The Hall–Kier alpha value is -2.53. The Labute approximate surface area is 150 Å². The minimum atomic E-state index is -0.641. The van der Waals surface area contributed by atoms with Gasteiger partial charge < -0.3 is 14.8 Å². The van der Waals surface area contributed by atoms with Gasteiger partial charge in [-0.2, -0.15) is 0 Å². The Morgan fingerprint density at radius 2 is 2.04 bits per heavy atom. The molecule has 0 fully saturated rings. The van der Waals surface area contributed by atoms with Crippen molar-refractivity contribution in [1.82, 2.24) is 5.32 Å². The molecule has 0 radical (unpaired) electrons. The lowest BCUT2D eigenvalue weighted by atomic mass is 10.0. The summed E-state index contributed by atoms with van der Waals surface area (Å²) in [5.41, 5.74) is 1.73. The highest BCUT2D eigenvalue weighted by atomic mass is 35.5. The molecule has 1 aliphatic heterocycles. The van der Waals surface area contributed by atoms with Crippen molar-refractivity contribution in [3.05, 3.63) is 64.7 Å². The predicted molar refractivity (Wildman–Crippen MR) is 93.5 cm³/mol. The highest BCUT2D eigenvalue weighted by molar-refractivity contribution is 6.30. The largest absolute Gasteiger partial charge is 0.480 e. The Morgan fingerprint density at radius 3 is 2.76 bits per heavy atom. The fourth-order valence-electron chi connectivity index (χ4n) is 2.82. The zero-order valence-corrected chi connectivity index (χ0v) is 14.5. The summed E-state index contributed by atoms with van der Waals surface area (Å²) in [6.07, 6.45) is -0.142. The summed E-state index contributed by atoms with van der Waals surface area (Å²) in [4.78, 5) is 24.3. The van der Waals surface area contributed by atoms with E-state index in [0.717, 1.165) is 11.1 Å². The van der Waals surface area contributed by atoms with Crippen molar-refractivity contribution >= 4 is 23.5 Å². The van der Waals surface area contributed by atoms with E-state index in [9.17, 15) is 9.59 Å². The van der Waals surface area contributed by atoms with Crippen molar-refractivity contribution < 1.29 is 19.1 Å². The minimum Gasteiger partial charge on any atom is -0.480 e. The van der Waals surface area contributed by atoms with E-state index in [2.05, 4.69) is 5.32 Å². The van der Waals surface area contributed by atoms with Gasteiger partial charge in [0.1, 0.15) is 5.75 Å². The number of ether oxygens (including phenoxy) is 2. The molecule has 0 aromatic heterocycles. The first-order valence-corrected chi connectivity index (χ1v) is 8.32. The number of hydrogen-bond donors (Lipinski definition) is 1. The summed E-state index contributed by atoms with van der Waals surface area (Å²) in [5.74, 6) is -0.00424. The van der Waals surface area contributed by atoms with E-state index in [4.69, 9.17) is 21.1 Å². The number of carbonyl (C=O) groups is 2.